The molecule has 31 heavy (non-hydrogen) atoms. The Morgan fingerprint density at radius 3 is 2.13 bits per heavy atom. The molecule has 8 nitrogen and oxygen atoms in total. The first-order valence-electron chi connectivity index (χ1n) is 11.5. The summed E-state index contributed by atoms with van der Waals surface area (Å²) in [5.41, 5.74) is 0.137. The topological polar surface area (TPSA) is 127 Å². The predicted molar refractivity (Wildman–Crippen MR) is 114 cm³/mol. The van der Waals surface area contributed by atoms with E-state index in [0.717, 1.165) is 44.9 Å². The summed E-state index contributed by atoms with van der Waals surface area (Å²) < 4.78 is 73.0. The molecule has 180 valence electrons. The molecule has 0 radical (unpaired) electrons. The highest BCUT2D eigenvalue weighted by atomic mass is 32.3. The molecular weight excluding hydrogens is 444 g/mol. The fraction of sp³-hybridized carbons (Fsp3) is 1.00. The van der Waals surface area contributed by atoms with Gasteiger partial charge >= 0.3 is 20.8 Å². The van der Waals surface area contributed by atoms with Gasteiger partial charge in [0.05, 0.1) is 12.2 Å². The molecule has 0 amide bonds. The second-order valence-electron chi connectivity index (χ2n) is 11.0. The molecule has 2 N–H and O–H groups in total. The first-order chi connectivity index (χ1) is 14.2. The van der Waals surface area contributed by atoms with Crippen LogP contribution in [0.4, 0.5) is 0 Å². The molecular formula is C21H36O8S2. The van der Waals surface area contributed by atoms with E-state index in [1.165, 1.54) is 0 Å². The van der Waals surface area contributed by atoms with Crippen molar-refractivity contribution in [2.45, 2.75) is 90.8 Å². The van der Waals surface area contributed by atoms with Gasteiger partial charge < -0.3 is 0 Å². The van der Waals surface area contributed by atoms with Crippen molar-refractivity contribution in [1.29, 1.82) is 0 Å². The summed E-state index contributed by atoms with van der Waals surface area (Å²) in [6.07, 6.45) is 7.38. The molecule has 3 unspecified atom stereocenters. The Morgan fingerprint density at radius 2 is 1.48 bits per heavy atom. The van der Waals surface area contributed by atoms with Gasteiger partial charge in [0.2, 0.25) is 0 Å². The van der Waals surface area contributed by atoms with Gasteiger partial charge in [-0.3, -0.25) is 9.11 Å². The van der Waals surface area contributed by atoms with Crippen LogP contribution in [0.15, 0.2) is 0 Å². The van der Waals surface area contributed by atoms with Crippen molar-refractivity contribution < 1.29 is 34.3 Å². The first kappa shape index (κ1) is 23.9. The molecule has 0 spiro atoms. The first-order valence-corrected chi connectivity index (χ1v) is 14.3. The zero-order chi connectivity index (χ0) is 22.8. The molecule has 0 bridgehead atoms. The fourth-order valence-electron chi connectivity index (χ4n) is 8.55. The van der Waals surface area contributed by atoms with Crippen molar-refractivity contribution in [3.63, 3.8) is 0 Å². The molecule has 4 fully saturated rings. The molecule has 4 aliphatic carbocycles. The molecule has 0 saturated heterocycles. The van der Waals surface area contributed by atoms with Gasteiger partial charge in [-0.25, -0.2) is 8.37 Å². The summed E-state index contributed by atoms with van der Waals surface area (Å²) in [6.45, 7) is 6.39. The van der Waals surface area contributed by atoms with Crippen molar-refractivity contribution >= 4 is 20.8 Å². The van der Waals surface area contributed by atoms with Crippen LogP contribution in [0.2, 0.25) is 0 Å². The summed E-state index contributed by atoms with van der Waals surface area (Å²) >= 11 is 0. The lowest BCUT2D eigenvalue weighted by Gasteiger charge is -2.61. The standard InChI is InChI=1S/C21H36O8S2/c1-13(28-30(22,23)24)17-6-7-18-16-5-4-14-12-15(29-31(25,26)27)8-10-20(14,2)19(16)9-11-21(17,18)3/h13-19H,4-12H2,1-3H3,(H,22,23,24)(H,25,26,27)/t13?,14?,15?,16-,17+,18-,19-,20-,21+/m0/s1. The third kappa shape index (κ3) is 4.45. The van der Waals surface area contributed by atoms with E-state index in [0.29, 0.717) is 36.5 Å². The summed E-state index contributed by atoms with van der Waals surface area (Å²) in [5, 5.41) is 0. The van der Waals surface area contributed by atoms with Crippen molar-refractivity contribution in [2.75, 3.05) is 0 Å². The number of hydrogen-bond acceptors (Lipinski definition) is 6. The summed E-state index contributed by atoms with van der Waals surface area (Å²) in [7, 11) is -8.89. The van der Waals surface area contributed by atoms with Gasteiger partial charge in [-0.05, 0) is 105 Å². The lowest BCUT2D eigenvalue weighted by molar-refractivity contribution is -0.129. The highest BCUT2D eigenvalue weighted by Gasteiger charge is 2.61. The third-order valence-electron chi connectivity index (χ3n) is 9.79. The Bertz CT molecular complexity index is 902. The van der Waals surface area contributed by atoms with E-state index in [1.807, 2.05) is 0 Å². The second-order valence-corrected chi connectivity index (χ2v) is 13.1. The largest absolute Gasteiger partial charge is 0.397 e. The van der Waals surface area contributed by atoms with Crippen LogP contribution < -0.4 is 0 Å². The van der Waals surface area contributed by atoms with E-state index in [9.17, 15) is 16.8 Å². The van der Waals surface area contributed by atoms with Crippen LogP contribution in [0.3, 0.4) is 0 Å². The van der Waals surface area contributed by atoms with E-state index in [4.69, 9.17) is 17.5 Å². The van der Waals surface area contributed by atoms with Crippen LogP contribution in [-0.4, -0.2) is 38.1 Å². The predicted octanol–water partition coefficient (Wildman–Crippen LogP) is 4.04. The Balaban J connectivity index is 1.50. The van der Waals surface area contributed by atoms with Crippen LogP contribution in [0.1, 0.15) is 78.6 Å². The van der Waals surface area contributed by atoms with Crippen LogP contribution in [0.25, 0.3) is 0 Å². The van der Waals surface area contributed by atoms with Gasteiger partial charge in [0.1, 0.15) is 0 Å². The maximum absolute atomic E-state index is 11.3. The quantitative estimate of drug-likeness (QED) is 0.564. The van der Waals surface area contributed by atoms with Gasteiger partial charge in [0.25, 0.3) is 0 Å². The minimum Gasteiger partial charge on any atom is -0.264 e. The molecule has 0 aromatic carbocycles. The molecule has 0 heterocycles. The van der Waals surface area contributed by atoms with Crippen molar-refractivity contribution in [3.05, 3.63) is 0 Å². The van der Waals surface area contributed by atoms with Gasteiger partial charge in [-0.1, -0.05) is 13.8 Å². The third-order valence-corrected chi connectivity index (χ3v) is 10.9. The summed E-state index contributed by atoms with van der Waals surface area (Å²) in [6, 6.07) is 0. The number of fused-ring (bicyclic) bond motifs is 5. The molecule has 4 rings (SSSR count). The van der Waals surface area contributed by atoms with Crippen LogP contribution in [-0.2, 0) is 29.2 Å². The Kier molecular flexibility index (Phi) is 6.09. The van der Waals surface area contributed by atoms with E-state index >= 15 is 0 Å². The zero-order valence-corrected chi connectivity index (χ0v) is 20.2. The average Bonchev–Trinajstić information content (AvgIpc) is 2.97. The molecule has 4 saturated carbocycles. The highest BCUT2D eigenvalue weighted by molar-refractivity contribution is 7.81. The zero-order valence-electron chi connectivity index (χ0n) is 18.6. The SMILES string of the molecule is CC(OS(=O)(=O)O)[C@H]1CC[C@H]2[C@@H]3CCC4CC(OS(=O)(=O)O)CC[C@]4(C)[C@H]3CC[C@]12C. The van der Waals surface area contributed by atoms with E-state index in [1.54, 1.807) is 6.92 Å². The van der Waals surface area contributed by atoms with Crippen molar-refractivity contribution in [2.24, 2.45) is 40.4 Å². The van der Waals surface area contributed by atoms with Gasteiger partial charge in [0.15, 0.2) is 0 Å². The normalized spacial score (nSPS) is 46.6. The smallest absolute Gasteiger partial charge is 0.264 e. The lowest BCUT2D eigenvalue weighted by Crippen LogP contribution is -2.54. The Morgan fingerprint density at radius 1 is 0.839 bits per heavy atom. The molecule has 10 heteroatoms. The van der Waals surface area contributed by atoms with Gasteiger partial charge in [-0.2, -0.15) is 16.8 Å². The van der Waals surface area contributed by atoms with Gasteiger partial charge in [-0.15, -0.1) is 0 Å². The van der Waals surface area contributed by atoms with Crippen molar-refractivity contribution in [3.8, 4) is 0 Å². The minimum absolute atomic E-state index is 0.000248. The lowest BCUT2D eigenvalue weighted by atomic mass is 9.44. The number of hydrogen-bond donors (Lipinski definition) is 2. The molecule has 0 aromatic rings. The van der Waals surface area contributed by atoms with E-state index in [-0.39, 0.29) is 16.7 Å². The van der Waals surface area contributed by atoms with Gasteiger partial charge in [0, 0.05) is 0 Å². The summed E-state index contributed by atoms with van der Waals surface area (Å²) in [4.78, 5) is 0. The minimum atomic E-state index is -4.47. The molecule has 9 atom stereocenters. The van der Waals surface area contributed by atoms with E-state index < -0.39 is 33.0 Å². The Labute approximate surface area is 186 Å². The highest BCUT2D eigenvalue weighted by Crippen LogP contribution is 2.68. The Hall–Kier alpha value is -0.260. The maximum Gasteiger partial charge on any atom is 0.397 e. The maximum atomic E-state index is 11.3. The molecule has 0 aliphatic heterocycles. The van der Waals surface area contributed by atoms with Crippen LogP contribution in [0.5, 0.6) is 0 Å². The van der Waals surface area contributed by atoms with Crippen LogP contribution >= 0.6 is 0 Å². The fourth-order valence-corrected chi connectivity index (χ4v) is 9.59. The van der Waals surface area contributed by atoms with E-state index in [2.05, 4.69) is 13.8 Å². The molecule has 4 aliphatic rings. The average molecular weight is 481 g/mol. The monoisotopic (exact) mass is 480 g/mol. The second kappa shape index (κ2) is 7.91. The number of rotatable bonds is 5. The van der Waals surface area contributed by atoms with Crippen molar-refractivity contribution in [1.82, 2.24) is 0 Å². The summed E-state index contributed by atoms with van der Waals surface area (Å²) in [5.74, 6) is 2.13. The molecule has 0 aromatic heterocycles. The van der Waals surface area contributed by atoms with Crippen LogP contribution in [0, 0.1) is 40.4 Å².